The fraction of sp³-hybridized carbons (Fsp3) is 0.182. The average molecular weight is 259 g/mol. The first-order valence-corrected chi connectivity index (χ1v) is 5.97. The van der Waals surface area contributed by atoms with Crippen LogP contribution in [0, 0.1) is 6.92 Å². The summed E-state index contributed by atoms with van der Waals surface area (Å²) in [5.41, 5.74) is 0.948. The molecule has 15 heavy (non-hydrogen) atoms. The van der Waals surface area contributed by atoms with Crippen LogP contribution in [0.3, 0.4) is 0 Å². The molecule has 0 amide bonds. The molecule has 0 bridgehead atoms. The predicted molar refractivity (Wildman–Crippen MR) is 66.6 cm³/mol. The van der Waals surface area contributed by atoms with Crippen LogP contribution in [0.2, 0.25) is 10.0 Å². The maximum Gasteiger partial charge on any atom is 0.170 e. The molecule has 0 N–H and O–H groups in total. The van der Waals surface area contributed by atoms with Crippen molar-refractivity contribution in [2.45, 2.75) is 13.8 Å². The van der Waals surface area contributed by atoms with Crippen molar-refractivity contribution >= 4 is 50.4 Å². The summed E-state index contributed by atoms with van der Waals surface area (Å²) in [6.45, 7) is 3.47. The minimum atomic E-state index is 0.0703. The Labute approximate surface area is 102 Å². The first-order valence-electron chi connectivity index (χ1n) is 4.40. The van der Waals surface area contributed by atoms with Gasteiger partial charge in [-0.1, -0.05) is 23.2 Å². The summed E-state index contributed by atoms with van der Waals surface area (Å²) in [7, 11) is 0. The van der Waals surface area contributed by atoms with Gasteiger partial charge in [-0.05, 0) is 31.5 Å². The van der Waals surface area contributed by atoms with Crippen molar-refractivity contribution in [2.24, 2.45) is 0 Å². The van der Waals surface area contributed by atoms with Crippen molar-refractivity contribution < 1.29 is 4.79 Å². The zero-order valence-corrected chi connectivity index (χ0v) is 10.6. The molecule has 1 heterocycles. The van der Waals surface area contributed by atoms with Crippen LogP contribution in [-0.2, 0) is 0 Å². The lowest BCUT2D eigenvalue weighted by Crippen LogP contribution is -1.88. The summed E-state index contributed by atoms with van der Waals surface area (Å²) in [4.78, 5) is 12.1. The van der Waals surface area contributed by atoms with E-state index in [9.17, 15) is 4.79 Å². The smallest absolute Gasteiger partial charge is 0.170 e. The topological polar surface area (TPSA) is 17.1 Å². The number of Topliss-reactive ketones (excluding diaryl/α,β-unsaturated/α-hetero) is 1. The van der Waals surface area contributed by atoms with E-state index < -0.39 is 0 Å². The van der Waals surface area contributed by atoms with Gasteiger partial charge in [0, 0.05) is 15.1 Å². The summed E-state index contributed by atoms with van der Waals surface area (Å²) >= 11 is 13.4. The van der Waals surface area contributed by atoms with Gasteiger partial charge in [-0.15, -0.1) is 11.3 Å². The second-order valence-electron chi connectivity index (χ2n) is 3.37. The highest BCUT2D eigenvalue weighted by molar-refractivity contribution is 7.21. The van der Waals surface area contributed by atoms with E-state index in [0.717, 1.165) is 20.5 Å². The molecule has 0 saturated heterocycles. The number of rotatable bonds is 1. The van der Waals surface area contributed by atoms with Crippen LogP contribution in [0.1, 0.15) is 22.2 Å². The van der Waals surface area contributed by atoms with Gasteiger partial charge in [0.25, 0.3) is 0 Å². The average Bonchev–Trinajstić information content (AvgIpc) is 2.42. The molecule has 0 aliphatic carbocycles. The lowest BCUT2D eigenvalue weighted by molar-refractivity contribution is 0.102. The lowest BCUT2D eigenvalue weighted by Gasteiger charge is -1.97. The Balaban J connectivity index is 2.88. The number of benzene rings is 1. The summed E-state index contributed by atoms with van der Waals surface area (Å²) < 4.78 is 0.968. The predicted octanol–water partition coefficient (Wildman–Crippen LogP) is 4.72. The molecule has 0 saturated carbocycles. The van der Waals surface area contributed by atoms with Crippen LogP contribution >= 0.6 is 34.5 Å². The van der Waals surface area contributed by atoms with E-state index in [4.69, 9.17) is 23.2 Å². The van der Waals surface area contributed by atoms with Gasteiger partial charge < -0.3 is 0 Å². The number of thiophene rings is 1. The third-order valence-corrected chi connectivity index (χ3v) is 4.12. The van der Waals surface area contributed by atoms with Gasteiger partial charge in [0.2, 0.25) is 0 Å². The highest BCUT2D eigenvalue weighted by Crippen LogP contribution is 2.37. The van der Waals surface area contributed by atoms with E-state index in [-0.39, 0.29) is 5.78 Å². The van der Waals surface area contributed by atoms with Gasteiger partial charge >= 0.3 is 0 Å². The molecule has 0 aliphatic rings. The van der Waals surface area contributed by atoms with Crippen LogP contribution in [0.4, 0.5) is 0 Å². The van der Waals surface area contributed by atoms with Crippen LogP contribution in [-0.4, -0.2) is 5.78 Å². The summed E-state index contributed by atoms with van der Waals surface area (Å²) in [5, 5.41) is 2.15. The molecule has 78 valence electrons. The van der Waals surface area contributed by atoms with E-state index >= 15 is 0 Å². The molecular weight excluding hydrogens is 251 g/mol. The van der Waals surface area contributed by atoms with Crippen molar-refractivity contribution in [2.75, 3.05) is 0 Å². The van der Waals surface area contributed by atoms with Crippen molar-refractivity contribution in [3.8, 4) is 0 Å². The summed E-state index contributed by atoms with van der Waals surface area (Å²) in [6, 6.07) is 3.54. The highest BCUT2D eigenvalue weighted by Gasteiger charge is 2.14. The molecule has 1 aromatic heterocycles. The maximum atomic E-state index is 11.4. The Bertz CT molecular complexity index is 557. The Morgan fingerprint density at radius 3 is 2.60 bits per heavy atom. The van der Waals surface area contributed by atoms with E-state index in [0.29, 0.717) is 10.0 Å². The zero-order chi connectivity index (χ0) is 11.2. The van der Waals surface area contributed by atoms with Crippen LogP contribution in [0.5, 0.6) is 0 Å². The van der Waals surface area contributed by atoms with Crippen molar-refractivity contribution in [1.29, 1.82) is 0 Å². The van der Waals surface area contributed by atoms with Gasteiger partial charge in [-0.25, -0.2) is 0 Å². The van der Waals surface area contributed by atoms with E-state index in [2.05, 4.69) is 0 Å². The monoisotopic (exact) mass is 258 g/mol. The second kappa shape index (κ2) is 3.78. The van der Waals surface area contributed by atoms with E-state index in [1.807, 2.05) is 13.0 Å². The second-order valence-corrected chi connectivity index (χ2v) is 5.27. The summed E-state index contributed by atoms with van der Waals surface area (Å²) in [6.07, 6.45) is 0. The molecular formula is C11H8Cl2OS. The number of carbonyl (C=O) groups excluding carboxylic acids is 1. The normalized spacial score (nSPS) is 10.9. The van der Waals surface area contributed by atoms with E-state index in [1.54, 1.807) is 13.0 Å². The molecule has 0 spiro atoms. The third kappa shape index (κ3) is 1.78. The molecule has 4 heteroatoms. The van der Waals surface area contributed by atoms with Gasteiger partial charge in [0.05, 0.1) is 9.90 Å². The Hall–Kier alpha value is -0.570. The van der Waals surface area contributed by atoms with Crippen molar-refractivity contribution in [1.82, 2.24) is 0 Å². The Morgan fingerprint density at radius 2 is 2.00 bits per heavy atom. The molecule has 1 nitrogen and oxygen atoms in total. The zero-order valence-electron chi connectivity index (χ0n) is 8.23. The van der Waals surface area contributed by atoms with Crippen LogP contribution in [0.15, 0.2) is 12.1 Å². The van der Waals surface area contributed by atoms with Crippen molar-refractivity contribution in [3.05, 3.63) is 32.6 Å². The number of halogens is 2. The van der Waals surface area contributed by atoms with Gasteiger partial charge in [-0.3, -0.25) is 4.79 Å². The molecule has 0 unspecified atom stereocenters. The number of ketones is 1. The number of aryl methyl sites for hydroxylation is 1. The quantitative estimate of drug-likeness (QED) is 0.677. The maximum absolute atomic E-state index is 11.4. The van der Waals surface area contributed by atoms with Gasteiger partial charge in [-0.2, -0.15) is 0 Å². The minimum Gasteiger partial charge on any atom is -0.294 e. The first kappa shape index (κ1) is 10.9. The fourth-order valence-electron chi connectivity index (χ4n) is 1.63. The van der Waals surface area contributed by atoms with E-state index in [1.165, 1.54) is 11.3 Å². The molecule has 0 aliphatic heterocycles. The highest BCUT2D eigenvalue weighted by atomic mass is 35.5. The molecule has 2 rings (SSSR count). The largest absolute Gasteiger partial charge is 0.294 e. The molecule has 0 atom stereocenters. The number of carbonyl (C=O) groups is 1. The molecule has 0 fully saturated rings. The van der Waals surface area contributed by atoms with Gasteiger partial charge in [0.1, 0.15) is 0 Å². The molecule has 2 aromatic rings. The van der Waals surface area contributed by atoms with Crippen molar-refractivity contribution in [3.63, 3.8) is 0 Å². The van der Waals surface area contributed by atoms with Crippen LogP contribution in [0.25, 0.3) is 10.1 Å². The summed E-state index contributed by atoms with van der Waals surface area (Å²) in [5.74, 6) is 0.0703. The lowest BCUT2D eigenvalue weighted by atomic mass is 10.1. The Kier molecular flexibility index (Phi) is 2.75. The standard InChI is InChI=1S/C11H8Cl2OS/c1-5-10-8(13)3-7(12)4-9(10)15-11(5)6(2)14/h3-4H,1-2H3. The molecule has 0 radical (unpaired) electrons. The first-order chi connectivity index (χ1) is 7.00. The minimum absolute atomic E-state index is 0.0703. The SMILES string of the molecule is CC(=O)c1sc2cc(Cl)cc(Cl)c2c1C. The number of hydrogen-bond acceptors (Lipinski definition) is 2. The molecule has 1 aromatic carbocycles. The fourth-order valence-corrected chi connectivity index (χ4v) is 3.56. The number of hydrogen-bond donors (Lipinski definition) is 0. The third-order valence-electron chi connectivity index (χ3n) is 2.27. The van der Waals surface area contributed by atoms with Gasteiger partial charge in [0.15, 0.2) is 5.78 Å². The van der Waals surface area contributed by atoms with Crippen LogP contribution < -0.4 is 0 Å². The Morgan fingerprint density at radius 1 is 1.33 bits per heavy atom. The number of fused-ring (bicyclic) bond motifs is 1.